The number of hydrogen-bond acceptors (Lipinski definition) is 4. The van der Waals surface area contributed by atoms with Crippen molar-refractivity contribution in [1.82, 2.24) is 4.90 Å². The molecule has 1 fully saturated rings. The SMILES string of the molecule is Cc1ccc2c(c1)-c1ccccc1S(=O)(=O)N2CC(=O)N1CCOCC1. The van der Waals surface area contributed by atoms with Crippen LogP contribution in [0.5, 0.6) is 0 Å². The largest absolute Gasteiger partial charge is 0.378 e. The minimum atomic E-state index is -3.79. The Balaban J connectivity index is 1.78. The van der Waals surface area contributed by atoms with Crippen molar-refractivity contribution >= 4 is 21.6 Å². The lowest BCUT2D eigenvalue weighted by Crippen LogP contribution is -2.47. The Kier molecular flexibility index (Phi) is 4.20. The minimum absolute atomic E-state index is 0.202. The standard InChI is InChI=1S/C19H20N2O4S/c1-14-6-7-17-16(12-14)15-4-2-3-5-18(15)26(23,24)21(17)13-19(22)20-8-10-25-11-9-20/h2-7,12H,8-11,13H2,1H3. The van der Waals surface area contributed by atoms with Gasteiger partial charge in [0.25, 0.3) is 10.0 Å². The maximum Gasteiger partial charge on any atom is 0.265 e. The minimum Gasteiger partial charge on any atom is -0.378 e. The third kappa shape index (κ3) is 2.77. The number of carbonyl (C=O) groups excluding carboxylic acids is 1. The van der Waals surface area contributed by atoms with E-state index in [1.165, 1.54) is 4.31 Å². The van der Waals surface area contributed by atoms with Gasteiger partial charge in [-0.2, -0.15) is 0 Å². The van der Waals surface area contributed by atoms with Gasteiger partial charge >= 0.3 is 0 Å². The lowest BCUT2D eigenvalue weighted by atomic mass is 10.0. The summed E-state index contributed by atoms with van der Waals surface area (Å²) in [7, 11) is -3.79. The molecule has 6 nitrogen and oxygen atoms in total. The molecule has 1 amide bonds. The number of ether oxygens (including phenoxy) is 1. The summed E-state index contributed by atoms with van der Waals surface area (Å²) < 4.78 is 32.9. The van der Waals surface area contributed by atoms with Crippen LogP contribution >= 0.6 is 0 Å². The number of hydrogen-bond donors (Lipinski definition) is 0. The van der Waals surface area contributed by atoms with E-state index in [0.717, 1.165) is 11.1 Å². The number of aryl methyl sites for hydroxylation is 1. The lowest BCUT2D eigenvalue weighted by Gasteiger charge is -2.34. The molecule has 7 heteroatoms. The van der Waals surface area contributed by atoms with E-state index in [1.54, 1.807) is 23.1 Å². The number of anilines is 1. The van der Waals surface area contributed by atoms with Gasteiger partial charge in [0.15, 0.2) is 0 Å². The number of sulfonamides is 1. The van der Waals surface area contributed by atoms with Gasteiger partial charge in [0.2, 0.25) is 5.91 Å². The van der Waals surface area contributed by atoms with Gasteiger partial charge in [0.05, 0.1) is 23.8 Å². The van der Waals surface area contributed by atoms with Crippen molar-refractivity contribution in [3.05, 3.63) is 48.0 Å². The molecule has 0 aromatic heterocycles. The van der Waals surface area contributed by atoms with Crippen molar-refractivity contribution in [2.75, 3.05) is 37.2 Å². The second-order valence-corrected chi connectivity index (χ2v) is 8.35. The number of rotatable bonds is 2. The van der Waals surface area contributed by atoms with Gasteiger partial charge in [0.1, 0.15) is 6.54 Å². The molecule has 0 atom stereocenters. The third-order valence-electron chi connectivity index (χ3n) is 4.81. The normalized spacial score (nSPS) is 18.2. The van der Waals surface area contributed by atoms with Crippen molar-refractivity contribution in [2.45, 2.75) is 11.8 Å². The van der Waals surface area contributed by atoms with E-state index >= 15 is 0 Å². The maximum absolute atomic E-state index is 13.2. The van der Waals surface area contributed by atoms with Crippen LogP contribution in [0.4, 0.5) is 5.69 Å². The molecule has 136 valence electrons. The Morgan fingerprint density at radius 2 is 1.81 bits per heavy atom. The Morgan fingerprint density at radius 1 is 1.08 bits per heavy atom. The number of nitrogens with zero attached hydrogens (tertiary/aromatic N) is 2. The highest BCUT2D eigenvalue weighted by atomic mass is 32.2. The highest BCUT2D eigenvalue weighted by Crippen LogP contribution is 2.43. The van der Waals surface area contributed by atoms with E-state index in [4.69, 9.17) is 4.74 Å². The molecule has 0 N–H and O–H groups in total. The average molecular weight is 372 g/mol. The van der Waals surface area contributed by atoms with E-state index in [0.29, 0.717) is 37.6 Å². The summed E-state index contributed by atoms with van der Waals surface area (Å²) in [6, 6.07) is 12.6. The lowest BCUT2D eigenvalue weighted by molar-refractivity contribution is -0.133. The maximum atomic E-state index is 13.2. The summed E-state index contributed by atoms with van der Waals surface area (Å²) in [5.74, 6) is -0.206. The van der Waals surface area contributed by atoms with Crippen LogP contribution in [0.2, 0.25) is 0 Å². The summed E-state index contributed by atoms with van der Waals surface area (Å²) in [6.45, 7) is 3.71. The number of carbonyl (C=O) groups is 1. The first-order chi connectivity index (χ1) is 12.5. The van der Waals surface area contributed by atoms with Crippen LogP contribution < -0.4 is 4.31 Å². The van der Waals surface area contributed by atoms with E-state index in [2.05, 4.69) is 0 Å². The van der Waals surface area contributed by atoms with Crippen LogP contribution in [0.25, 0.3) is 11.1 Å². The van der Waals surface area contributed by atoms with Gasteiger partial charge in [-0.3, -0.25) is 9.10 Å². The van der Waals surface area contributed by atoms with E-state index < -0.39 is 10.0 Å². The smallest absolute Gasteiger partial charge is 0.265 e. The molecule has 0 saturated carbocycles. The molecule has 0 aliphatic carbocycles. The predicted molar refractivity (Wildman–Crippen MR) is 98.5 cm³/mol. The highest BCUT2D eigenvalue weighted by Gasteiger charge is 2.36. The van der Waals surface area contributed by atoms with Crippen molar-refractivity contribution < 1.29 is 17.9 Å². The molecule has 2 aromatic rings. The van der Waals surface area contributed by atoms with E-state index in [1.807, 2.05) is 31.2 Å². The monoisotopic (exact) mass is 372 g/mol. The molecule has 4 rings (SSSR count). The molecule has 0 radical (unpaired) electrons. The van der Waals surface area contributed by atoms with Gasteiger partial charge < -0.3 is 9.64 Å². The second kappa shape index (κ2) is 6.41. The van der Waals surface area contributed by atoms with Crippen LogP contribution in [0.1, 0.15) is 5.56 Å². The van der Waals surface area contributed by atoms with E-state index in [9.17, 15) is 13.2 Å². The predicted octanol–water partition coefficient (Wildman–Crippen LogP) is 2.03. The molecule has 2 aliphatic heterocycles. The average Bonchev–Trinajstić information content (AvgIpc) is 2.66. The summed E-state index contributed by atoms with van der Waals surface area (Å²) in [6.07, 6.45) is 0. The van der Waals surface area contributed by atoms with Gasteiger partial charge in [-0.05, 0) is 25.1 Å². The zero-order chi connectivity index (χ0) is 18.3. The summed E-state index contributed by atoms with van der Waals surface area (Å²) in [4.78, 5) is 14.6. The van der Waals surface area contributed by atoms with E-state index in [-0.39, 0.29) is 17.3 Å². The summed E-state index contributed by atoms with van der Waals surface area (Å²) in [5, 5.41) is 0. The first-order valence-electron chi connectivity index (χ1n) is 8.57. The Labute approximate surface area is 153 Å². The third-order valence-corrected chi connectivity index (χ3v) is 6.63. The van der Waals surface area contributed by atoms with Gasteiger partial charge in [-0.15, -0.1) is 0 Å². The Morgan fingerprint density at radius 3 is 2.58 bits per heavy atom. The van der Waals surface area contributed by atoms with Crippen LogP contribution in [-0.2, 0) is 19.6 Å². The van der Waals surface area contributed by atoms with Crippen LogP contribution in [-0.4, -0.2) is 52.1 Å². The van der Waals surface area contributed by atoms with Gasteiger partial charge in [-0.25, -0.2) is 8.42 Å². The van der Waals surface area contributed by atoms with Crippen LogP contribution in [0.3, 0.4) is 0 Å². The topological polar surface area (TPSA) is 66.9 Å². The quantitative estimate of drug-likeness (QED) is 0.809. The molecule has 0 bridgehead atoms. The number of amides is 1. The molecular weight excluding hydrogens is 352 g/mol. The van der Waals surface area contributed by atoms with Crippen molar-refractivity contribution in [3.8, 4) is 11.1 Å². The fourth-order valence-corrected chi connectivity index (χ4v) is 5.09. The Hall–Kier alpha value is -2.38. The molecule has 0 spiro atoms. The second-order valence-electron chi connectivity index (χ2n) is 6.52. The first-order valence-corrected chi connectivity index (χ1v) is 10.0. The van der Waals surface area contributed by atoms with Gasteiger partial charge in [-0.1, -0.05) is 29.8 Å². The number of fused-ring (bicyclic) bond motifs is 3. The van der Waals surface area contributed by atoms with Crippen molar-refractivity contribution in [3.63, 3.8) is 0 Å². The first kappa shape index (κ1) is 17.1. The zero-order valence-electron chi connectivity index (χ0n) is 14.5. The Bertz CT molecular complexity index is 965. The number of benzene rings is 2. The molecule has 1 saturated heterocycles. The summed E-state index contributed by atoms with van der Waals surface area (Å²) >= 11 is 0. The fourth-order valence-electron chi connectivity index (χ4n) is 3.45. The van der Waals surface area contributed by atoms with Crippen molar-refractivity contribution in [2.24, 2.45) is 0 Å². The fraction of sp³-hybridized carbons (Fsp3) is 0.316. The zero-order valence-corrected chi connectivity index (χ0v) is 15.3. The number of morpholine rings is 1. The van der Waals surface area contributed by atoms with Crippen LogP contribution in [0, 0.1) is 6.92 Å². The molecule has 0 unspecified atom stereocenters. The molecule has 26 heavy (non-hydrogen) atoms. The van der Waals surface area contributed by atoms with Gasteiger partial charge in [0, 0.05) is 24.2 Å². The molecule has 2 heterocycles. The molecule has 2 aliphatic rings. The van der Waals surface area contributed by atoms with Crippen molar-refractivity contribution in [1.29, 1.82) is 0 Å². The molecular formula is C19H20N2O4S. The van der Waals surface area contributed by atoms with Crippen LogP contribution in [0.15, 0.2) is 47.4 Å². The molecule has 2 aromatic carbocycles. The summed E-state index contributed by atoms with van der Waals surface area (Å²) in [5.41, 5.74) is 3.11. The highest BCUT2D eigenvalue weighted by molar-refractivity contribution is 7.93.